The summed E-state index contributed by atoms with van der Waals surface area (Å²) in [6.07, 6.45) is 5.56. The SMILES string of the molecule is COc1nccc(N(C)C)c1NC(=O)C1CCCCC1N. The molecular weight excluding hydrogens is 268 g/mol. The fourth-order valence-electron chi connectivity index (χ4n) is 2.78. The van der Waals surface area contributed by atoms with E-state index in [4.69, 9.17) is 10.5 Å². The molecule has 0 radical (unpaired) electrons. The minimum atomic E-state index is -0.140. The van der Waals surface area contributed by atoms with Crippen LogP contribution in [-0.2, 0) is 4.79 Å². The highest BCUT2D eigenvalue weighted by molar-refractivity contribution is 5.97. The van der Waals surface area contributed by atoms with Gasteiger partial charge in [0.2, 0.25) is 11.8 Å². The summed E-state index contributed by atoms with van der Waals surface area (Å²) in [5, 5.41) is 2.96. The van der Waals surface area contributed by atoms with Crippen molar-refractivity contribution in [2.45, 2.75) is 31.7 Å². The first kappa shape index (κ1) is 15.6. The summed E-state index contributed by atoms with van der Waals surface area (Å²) in [5.74, 6) is 0.231. The predicted molar refractivity (Wildman–Crippen MR) is 83.7 cm³/mol. The maximum atomic E-state index is 12.5. The van der Waals surface area contributed by atoms with Gasteiger partial charge in [-0.15, -0.1) is 0 Å². The molecule has 1 aliphatic rings. The topological polar surface area (TPSA) is 80.5 Å². The van der Waals surface area contributed by atoms with E-state index in [1.165, 1.54) is 0 Å². The van der Waals surface area contributed by atoms with Crippen molar-refractivity contribution in [3.8, 4) is 5.88 Å². The van der Waals surface area contributed by atoms with Gasteiger partial charge in [-0.1, -0.05) is 12.8 Å². The molecule has 21 heavy (non-hydrogen) atoms. The number of anilines is 2. The van der Waals surface area contributed by atoms with Gasteiger partial charge >= 0.3 is 0 Å². The Kier molecular flexibility index (Phi) is 5.01. The molecule has 2 rings (SSSR count). The van der Waals surface area contributed by atoms with Crippen LogP contribution < -0.4 is 20.7 Å². The number of hydrogen-bond donors (Lipinski definition) is 2. The number of methoxy groups -OCH3 is 1. The molecule has 1 heterocycles. The first-order valence-electron chi connectivity index (χ1n) is 7.31. The number of carbonyl (C=O) groups excluding carboxylic acids is 1. The Bertz CT molecular complexity index is 504. The van der Waals surface area contributed by atoms with Gasteiger partial charge in [0.25, 0.3) is 0 Å². The first-order chi connectivity index (χ1) is 10.0. The maximum absolute atomic E-state index is 12.5. The number of nitrogens with two attached hydrogens (primary N) is 1. The molecule has 6 heteroatoms. The number of hydrogen-bond acceptors (Lipinski definition) is 5. The number of aromatic nitrogens is 1. The van der Waals surface area contributed by atoms with E-state index in [0.29, 0.717) is 11.6 Å². The number of rotatable bonds is 4. The second-order valence-electron chi connectivity index (χ2n) is 5.65. The van der Waals surface area contributed by atoms with Gasteiger partial charge < -0.3 is 20.7 Å². The van der Waals surface area contributed by atoms with Crippen LogP contribution in [0.2, 0.25) is 0 Å². The second kappa shape index (κ2) is 6.76. The Balaban J connectivity index is 2.23. The van der Waals surface area contributed by atoms with Gasteiger partial charge in [0, 0.05) is 26.3 Å². The van der Waals surface area contributed by atoms with Crippen LogP contribution in [0.25, 0.3) is 0 Å². The average molecular weight is 292 g/mol. The smallest absolute Gasteiger partial charge is 0.239 e. The monoisotopic (exact) mass is 292 g/mol. The van der Waals surface area contributed by atoms with Crippen LogP contribution in [0, 0.1) is 5.92 Å². The Morgan fingerprint density at radius 2 is 2.14 bits per heavy atom. The van der Waals surface area contributed by atoms with Crippen molar-refractivity contribution in [2.75, 3.05) is 31.4 Å². The lowest BCUT2D eigenvalue weighted by Gasteiger charge is -2.28. The maximum Gasteiger partial charge on any atom is 0.239 e. The van der Waals surface area contributed by atoms with Crippen LogP contribution in [0.3, 0.4) is 0 Å². The van der Waals surface area contributed by atoms with E-state index in [9.17, 15) is 4.79 Å². The molecule has 116 valence electrons. The second-order valence-corrected chi connectivity index (χ2v) is 5.65. The third-order valence-electron chi connectivity index (χ3n) is 3.97. The minimum Gasteiger partial charge on any atom is -0.479 e. The highest BCUT2D eigenvalue weighted by atomic mass is 16.5. The fraction of sp³-hybridized carbons (Fsp3) is 0.600. The summed E-state index contributed by atoms with van der Waals surface area (Å²) in [6, 6.07) is 1.78. The molecule has 0 bridgehead atoms. The van der Waals surface area contributed by atoms with Gasteiger partial charge in [-0.25, -0.2) is 4.98 Å². The van der Waals surface area contributed by atoms with E-state index in [-0.39, 0.29) is 17.9 Å². The van der Waals surface area contributed by atoms with Crippen LogP contribution in [0.4, 0.5) is 11.4 Å². The van der Waals surface area contributed by atoms with E-state index in [1.807, 2.05) is 25.1 Å². The van der Waals surface area contributed by atoms with Crippen molar-refractivity contribution < 1.29 is 9.53 Å². The van der Waals surface area contributed by atoms with E-state index in [2.05, 4.69) is 10.3 Å². The fourth-order valence-corrected chi connectivity index (χ4v) is 2.78. The zero-order valence-corrected chi connectivity index (χ0v) is 12.9. The van der Waals surface area contributed by atoms with Crippen molar-refractivity contribution in [1.82, 2.24) is 4.98 Å². The standard InChI is InChI=1S/C15H24N4O2/c1-19(2)12-8-9-17-15(21-3)13(12)18-14(20)10-6-4-5-7-11(10)16/h8-11H,4-7,16H2,1-3H3,(H,18,20). The van der Waals surface area contributed by atoms with E-state index >= 15 is 0 Å². The highest BCUT2D eigenvalue weighted by Gasteiger charge is 2.29. The number of amides is 1. The lowest BCUT2D eigenvalue weighted by molar-refractivity contribution is -0.121. The quantitative estimate of drug-likeness (QED) is 0.881. The van der Waals surface area contributed by atoms with Crippen molar-refractivity contribution in [1.29, 1.82) is 0 Å². The molecule has 0 aliphatic heterocycles. The average Bonchev–Trinajstić information content (AvgIpc) is 2.47. The summed E-state index contributed by atoms with van der Waals surface area (Å²) in [5.41, 5.74) is 7.55. The zero-order valence-electron chi connectivity index (χ0n) is 12.9. The first-order valence-corrected chi connectivity index (χ1v) is 7.31. The molecule has 0 saturated heterocycles. The number of nitrogens with zero attached hydrogens (tertiary/aromatic N) is 2. The summed E-state index contributed by atoms with van der Waals surface area (Å²) in [7, 11) is 5.37. The van der Waals surface area contributed by atoms with Crippen LogP contribution in [0.1, 0.15) is 25.7 Å². The van der Waals surface area contributed by atoms with Crippen molar-refractivity contribution in [3.63, 3.8) is 0 Å². The molecule has 0 aromatic carbocycles. The molecule has 1 aromatic rings. The van der Waals surface area contributed by atoms with Crippen molar-refractivity contribution >= 4 is 17.3 Å². The third-order valence-corrected chi connectivity index (χ3v) is 3.97. The zero-order chi connectivity index (χ0) is 15.4. The van der Waals surface area contributed by atoms with Gasteiger partial charge in [0.05, 0.1) is 18.7 Å². The van der Waals surface area contributed by atoms with Gasteiger partial charge in [-0.3, -0.25) is 4.79 Å². The number of carbonyl (C=O) groups is 1. The minimum absolute atomic E-state index is 0.0448. The van der Waals surface area contributed by atoms with Crippen LogP contribution in [0.15, 0.2) is 12.3 Å². The Morgan fingerprint density at radius 1 is 1.43 bits per heavy atom. The predicted octanol–water partition coefficient (Wildman–Crippen LogP) is 1.61. The summed E-state index contributed by atoms with van der Waals surface area (Å²) in [4.78, 5) is 18.6. The van der Waals surface area contributed by atoms with E-state index in [1.54, 1.807) is 13.3 Å². The molecule has 1 saturated carbocycles. The molecule has 1 aliphatic carbocycles. The molecule has 1 amide bonds. The van der Waals surface area contributed by atoms with Gasteiger partial charge in [0.1, 0.15) is 5.69 Å². The summed E-state index contributed by atoms with van der Waals surface area (Å²) >= 11 is 0. The largest absolute Gasteiger partial charge is 0.479 e. The lowest BCUT2D eigenvalue weighted by atomic mass is 9.84. The van der Waals surface area contributed by atoms with Gasteiger partial charge in [-0.2, -0.15) is 0 Å². The molecule has 3 N–H and O–H groups in total. The number of ether oxygens (including phenoxy) is 1. The van der Waals surface area contributed by atoms with Gasteiger partial charge in [-0.05, 0) is 18.9 Å². The van der Waals surface area contributed by atoms with E-state index < -0.39 is 0 Å². The molecule has 2 atom stereocenters. The van der Waals surface area contributed by atoms with Gasteiger partial charge in [0.15, 0.2) is 0 Å². The molecule has 1 fully saturated rings. The Hall–Kier alpha value is -1.82. The van der Waals surface area contributed by atoms with Crippen LogP contribution in [-0.4, -0.2) is 38.1 Å². The molecule has 1 aromatic heterocycles. The molecule has 2 unspecified atom stereocenters. The van der Waals surface area contributed by atoms with Crippen LogP contribution in [0.5, 0.6) is 5.88 Å². The molecule has 0 spiro atoms. The van der Waals surface area contributed by atoms with E-state index in [0.717, 1.165) is 31.4 Å². The summed E-state index contributed by atoms with van der Waals surface area (Å²) in [6.45, 7) is 0. The summed E-state index contributed by atoms with van der Waals surface area (Å²) < 4.78 is 5.27. The normalized spacial score (nSPS) is 21.7. The van der Waals surface area contributed by atoms with Crippen molar-refractivity contribution in [3.05, 3.63) is 12.3 Å². The molecule has 6 nitrogen and oxygen atoms in total. The number of nitrogens with one attached hydrogen (secondary N) is 1. The van der Waals surface area contributed by atoms with Crippen LogP contribution >= 0.6 is 0 Å². The number of pyridine rings is 1. The highest BCUT2D eigenvalue weighted by Crippen LogP contribution is 2.33. The Labute approximate surface area is 125 Å². The Morgan fingerprint density at radius 3 is 2.76 bits per heavy atom. The lowest BCUT2D eigenvalue weighted by Crippen LogP contribution is -2.41. The third kappa shape index (κ3) is 3.44. The van der Waals surface area contributed by atoms with Crippen molar-refractivity contribution in [2.24, 2.45) is 11.7 Å². The molecular formula is C15H24N4O2.